The summed E-state index contributed by atoms with van der Waals surface area (Å²) in [5.74, 6) is -1.35. The summed E-state index contributed by atoms with van der Waals surface area (Å²) in [5, 5.41) is 2.98. The number of carbonyl (C=O) groups is 3. The van der Waals surface area contributed by atoms with Crippen LogP contribution in [0.15, 0.2) is 35.4 Å². The molecule has 10 heteroatoms. The number of nitrogens with one attached hydrogen (secondary N) is 1. The van der Waals surface area contributed by atoms with E-state index in [2.05, 4.69) is 10.3 Å². The number of aryl methyl sites for hydroxylation is 1. The molecule has 3 aromatic rings. The quantitative estimate of drug-likeness (QED) is 0.375. The molecule has 0 radical (unpaired) electrons. The van der Waals surface area contributed by atoms with Gasteiger partial charge in [0, 0.05) is 5.69 Å². The number of fused-ring (bicyclic) bond motifs is 1. The monoisotopic (exact) mass is 471 g/mol. The first kappa shape index (κ1) is 24.1. The lowest BCUT2D eigenvalue weighted by Gasteiger charge is -2.08. The first-order valence-electron chi connectivity index (χ1n) is 10.6. The number of thiophene rings is 1. The van der Waals surface area contributed by atoms with Crippen LogP contribution in [0.4, 0.5) is 5.69 Å². The summed E-state index contributed by atoms with van der Waals surface area (Å²) in [6.45, 7) is 5.71. The maximum absolute atomic E-state index is 12.9. The van der Waals surface area contributed by atoms with Crippen LogP contribution in [-0.4, -0.2) is 40.6 Å². The van der Waals surface area contributed by atoms with Gasteiger partial charge in [0.1, 0.15) is 16.3 Å². The number of aromatic nitrogens is 2. The van der Waals surface area contributed by atoms with Gasteiger partial charge < -0.3 is 14.8 Å². The fourth-order valence-electron chi connectivity index (χ4n) is 3.10. The third-order valence-electron chi connectivity index (χ3n) is 4.83. The third-order valence-corrected chi connectivity index (χ3v) is 6.01. The van der Waals surface area contributed by atoms with E-state index in [1.54, 1.807) is 38.1 Å². The molecule has 0 saturated heterocycles. The van der Waals surface area contributed by atoms with Crippen molar-refractivity contribution in [3.05, 3.63) is 57.0 Å². The minimum Gasteiger partial charge on any atom is -0.462 e. The Morgan fingerprint density at radius 2 is 1.82 bits per heavy atom. The Morgan fingerprint density at radius 1 is 1.09 bits per heavy atom. The number of anilines is 1. The maximum Gasteiger partial charge on any atom is 0.348 e. The van der Waals surface area contributed by atoms with Gasteiger partial charge >= 0.3 is 11.9 Å². The summed E-state index contributed by atoms with van der Waals surface area (Å²) in [6.07, 6.45) is 3.02. The van der Waals surface area contributed by atoms with Crippen molar-refractivity contribution in [1.82, 2.24) is 9.55 Å². The second-order valence-electron chi connectivity index (χ2n) is 7.25. The van der Waals surface area contributed by atoms with Crippen molar-refractivity contribution in [2.75, 3.05) is 18.5 Å². The SMILES string of the molecule is CCCCOC(=O)c1ccc(NC(=O)Cn2cnc3sc(C(=O)OCC)c(C)c3c2=O)cc1. The smallest absolute Gasteiger partial charge is 0.348 e. The normalized spacial score (nSPS) is 10.8. The van der Waals surface area contributed by atoms with E-state index in [0.717, 1.165) is 24.2 Å². The van der Waals surface area contributed by atoms with Crippen LogP contribution in [0.5, 0.6) is 0 Å². The molecule has 1 aromatic carbocycles. The molecule has 1 amide bonds. The van der Waals surface area contributed by atoms with Gasteiger partial charge in [0.25, 0.3) is 5.56 Å². The van der Waals surface area contributed by atoms with E-state index in [1.807, 2.05) is 6.92 Å². The number of ether oxygens (including phenoxy) is 2. The zero-order valence-corrected chi connectivity index (χ0v) is 19.5. The van der Waals surface area contributed by atoms with Crippen LogP contribution in [0.25, 0.3) is 10.2 Å². The summed E-state index contributed by atoms with van der Waals surface area (Å²) >= 11 is 1.09. The zero-order valence-electron chi connectivity index (χ0n) is 18.7. The maximum atomic E-state index is 12.9. The van der Waals surface area contributed by atoms with Crippen LogP contribution in [0.3, 0.4) is 0 Å². The lowest BCUT2D eigenvalue weighted by molar-refractivity contribution is -0.116. The summed E-state index contributed by atoms with van der Waals surface area (Å²) in [6, 6.07) is 6.31. The Labute approximate surface area is 194 Å². The molecule has 0 fully saturated rings. The van der Waals surface area contributed by atoms with Crippen LogP contribution in [0, 0.1) is 6.92 Å². The predicted octanol–water partition coefficient (Wildman–Crippen LogP) is 3.54. The molecule has 0 aliphatic rings. The second kappa shape index (κ2) is 10.9. The second-order valence-corrected chi connectivity index (χ2v) is 8.25. The molecule has 0 aliphatic heterocycles. The van der Waals surface area contributed by atoms with E-state index in [9.17, 15) is 19.2 Å². The van der Waals surface area contributed by atoms with Gasteiger partial charge in [-0.15, -0.1) is 11.3 Å². The summed E-state index contributed by atoms with van der Waals surface area (Å²) in [4.78, 5) is 54.4. The Kier molecular flexibility index (Phi) is 7.94. The van der Waals surface area contributed by atoms with Gasteiger partial charge in [-0.05, 0) is 50.1 Å². The molecule has 1 N–H and O–H groups in total. The van der Waals surface area contributed by atoms with E-state index in [1.165, 1.54) is 10.9 Å². The topological polar surface area (TPSA) is 117 Å². The van der Waals surface area contributed by atoms with E-state index >= 15 is 0 Å². The highest BCUT2D eigenvalue weighted by molar-refractivity contribution is 7.20. The van der Waals surface area contributed by atoms with Gasteiger partial charge in [-0.1, -0.05) is 13.3 Å². The third kappa shape index (κ3) is 5.64. The van der Waals surface area contributed by atoms with Gasteiger partial charge in [0.05, 0.1) is 30.5 Å². The van der Waals surface area contributed by atoms with Gasteiger partial charge in [-0.25, -0.2) is 14.6 Å². The zero-order chi connectivity index (χ0) is 24.0. The predicted molar refractivity (Wildman–Crippen MR) is 125 cm³/mol. The summed E-state index contributed by atoms with van der Waals surface area (Å²) < 4.78 is 11.4. The first-order valence-corrected chi connectivity index (χ1v) is 11.4. The Morgan fingerprint density at radius 3 is 2.48 bits per heavy atom. The Hall–Kier alpha value is -3.53. The average molecular weight is 472 g/mol. The minimum atomic E-state index is -0.501. The number of carbonyl (C=O) groups excluding carboxylic acids is 3. The number of nitrogens with zero attached hydrogens (tertiary/aromatic N) is 2. The van der Waals surface area contributed by atoms with Crippen molar-refractivity contribution in [3.8, 4) is 0 Å². The molecule has 9 nitrogen and oxygen atoms in total. The Balaban J connectivity index is 1.70. The number of hydrogen-bond donors (Lipinski definition) is 1. The molecule has 2 aromatic heterocycles. The molecule has 0 atom stereocenters. The molecule has 0 spiro atoms. The van der Waals surface area contributed by atoms with Crippen LogP contribution in [0.1, 0.15) is 52.3 Å². The summed E-state index contributed by atoms with van der Waals surface area (Å²) in [7, 11) is 0. The Bertz CT molecular complexity index is 1230. The lowest BCUT2D eigenvalue weighted by atomic mass is 10.2. The van der Waals surface area contributed by atoms with Crippen molar-refractivity contribution in [2.45, 2.75) is 40.2 Å². The molecule has 174 valence electrons. The number of rotatable bonds is 9. The number of hydrogen-bond acceptors (Lipinski definition) is 8. The van der Waals surface area contributed by atoms with Crippen molar-refractivity contribution < 1.29 is 23.9 Å². The molecule has 3 rings (SSSR count). The molecule has 33 heavy (non-hydrogen) atoms. The number of esters is 2. The van der Waals surface area contributed by atoms with Gasteiger partial charge in [0.2, 0.25) is 5.91 Å². The highest BCUT2D eigenvalue weighted by Crippen LogP contribution is 2.27. The number of amides is 1. The molecular formula is C23H25N3O6S. The molecular weight excluding hydrogens is 446 g/mol. The number of benzene rings is 1. The summed E-state index contributed by atoms with van der Waals surface area (Å²) in [5.41, 5.74) is 0.940. The standard InChI is InChI=1S/C23H25N3O6S/c1-4-6-11-32-22(29)15-7-9-16(10-8-15)25-17(27)12-26-13-24-20-18(21(26)28)14(3)19(33-20)23(30)31-5-2/h7-10,13H,4-6,11-12H2,1-3H3,(H,25,27). The van der Waals surface area contributed by atoms with Gasteiger partial charge in [-0.3, -0.25) is 14.2 Å². The van der Waals surface area contributed by atoms with Crippen LogP contribution < -0.4 is 10.9 Å². The van der Waals surface area contributed by atoms with E-state index in [-0.39, 0.29) is 13.2 Å². The molecule has 0 unspecified atom stereocenters. The number of unbranched alkanes of at least 4 members (excludes halogenated alkanes) is 1. The van der Waals surface area contributed by atoms with E-state index in [0.29, 0.717) is 38.5 Å². The van der Waals surface area contributed by atoms with Crippen molar-refractivity contribution in [1.29, 1.82) is 0 Å². The minimum absolute atomic E-state index is 0.228. The van der Waals surface area contributed by atoms with Crippen molar-refractivity contribution in [3.63, 3.8) is 0 Å². The molecule has 0 bridgehead atoms. The molecule has 0 aliphatic carbocycles. The molecule has 0 saturated carbocycles. The van der Waals surface area contributed by atoms with Crippen molar-refractivity contribution >= 4 is 45.1 Å². The van der Waals surface area contributed by atoms with Crippen LogP contribution >= 0.6 is 11.3 Å². The first-order chi connectivity index (χ1) is 15.8. The highest BCUT2D eigenvalue weighted by Gasteiger charge is 2.20. The average Bonchev–Trinajstić information content (AvgIpc) is 3.13. The molecule has 2 heterocycles. The van der Waals surface area contributed by atoms with Crippen molar-refractivity contribution in [2.24, 2.45) is 0 Å². The fraction of sp³-hybridized carbons (Fsp3) is 0.348. The van der Waals surface area contributed by atoms with Crippen LogP contribution in [-0.2, 0) is 20.8 Å². The fourth-order valence-corrected chi connectivity index (χ4v) is 4.13. The van der Waals surface area contributed by atoms with Gasteiger partial charge in [0.15, 0.2) is 0 Å². The highest BCUT2D eigenvalue weighted by atomic mass is 32.1. The lowest BCUT2D eigenvalue weighted by Crippen LogP contribution is -2.28. The van der Waals surface area contributed by atoms with E-state index in [4.69, 9.17) is 9.47 Å². The van der Waals surface area contributed by atoms with Gasteiger partial charge in [-0.2, -0.15) is 0 Å². The largest absolute Gasteiger partial charge is 0.462 e. The van der Waals surface area contributed by atoms with E-state index < -0.39 is 23.4 Å². The van der Waals surface area contributed by atoms with Crippen LogP contribution in [0.2, 0.25) is 0 Å².